The Labute approximate surface area is 132 Å². The fourth-order valence-electron chi connectivity index (χ4n) is 1.83. The maximum Gasteiger partial charge on any atom is 0.409 e. The van der Waals surface area contributed by atoms with E-state index >= 15 is 0 Å². The lowest BCUT2D eigenvalue weighted by Gasteiger charge is -2.02. The van der Waals surface area contributed by atoms with E-state index in [1.54, 1.807) is 0 Å². The number of benzene rings is 1. The molecule has 0 bridgehead atoms. The minimum atomic E-state index is -4.41. The molecular weight excluding hydrogens is 335 g/mol. The summed E-state index contributed by atoms with van der Waals surface area (Å²) in [5, 5.41) is 14.8. The molecule has 0 amide bonds. The van der Waals surface area contributed by atoms with Crippen molar-refractivity contribution in [3.05, 3.63) is 41.4 Å². The van der Waals surface area contributed by atoms with Crippen molar-refractivity contribution in [3.8, 4) is 11.4 Å². The van der Waals surface area contributed by atoms with Crippen LogP contribution in [0.4, 0.5) is 13.2 Å². The van der Waals surface area contributed by atoms with Gasteiger partial charge in [0.05, 0.1) is 0 Å². The van der Waals surface area contributed by atoms with Gasteiger partial charge in [0, 0.05) is 5.56 Å². The molecule has 0 spiro atoms. The van der Waals surface area contributed by atoms with Gasteiger partial charge in [-0.05, 0) is 16.8 Å². The maximum absolute atomic E-state index is 12.3. The molecule has 2 aromatic heterocycles. The van der Waals surface area contributed by atoms with Crippen LogP contribution in [-0.2, 0) is 13.1 Å². The molecule has 0 aliphatic rings. The van der Waals surface area contributed by atoms with E-state index in [1.165, 1.54) is 4.68 Å². The molecule has 11 heteroatoms. The molecule has 23 heavy (non-hydrogen) atoms. The van der Waals surface area contributed by atoms with Gasteiger partial charge in [-0.15, -0.1) is 15.3 Å². The Morgan fingerprint density at radius 2 is 1.83 bits per heavy atom. The fraction of sp³-hybridized carbons (Fsp3) is 0.250. The molecule has 3 rings (SSSR count). The summed E-state index contributed by atoms with van der Waals surface area (Å²) < 4.78 is 38.1. The van der Waals surface area contributed by atoms with Crippen molar-refractivity contribution < 1.29 is 13.2 Å². The predicted molar refractivity (Wildman–Crippen MR) is 73.4 cm³/mol. The van der Waals surface area contributed by atoms with Crippen LogP contribution in [0.3, 0.4) is 0 Å². The van der Waals surface area contributed by atoms with E-state index in [4.69, 9.17) is 11.6 Å². The lowest BCUT2D eigenvalue weighted by molar-refractivity contribution is -0.145. The molecule has 120 valence electrons. The van der Waals surface area contributed by atoms with Gasteiger partial charge in [0.15, 0.2) is 18.2 Å². The number of hydrogen-bond donors (Lipinski definition) is 0. The molecule has 3 aromatic rings. The van der Waals surface area contributed by atoms with Gasteiger partial charge in [-0.3, -0.25) is 0 Å². The summed E-state index contributed by atoms with van der Waals surface area (Å²) in [7, 11) is 0. The summed E-state index contributed by atoms with van der Waals surface area (Å²) >= 11 is 5.98. The van der Waals surface area contributed by atoms with Gasteiger partial charge in [-0.2, -0.15) is 23.0 Å². The number of rotatable bonds is 4. The van der Waals surface area contributed by atoms with Crippen LogP contribution in [0.5, 0.6) is 0 Å². The molecule has 0 N–H and O–H groups in total. The Kier molecular flexibility index (Phi) is 3.99. The molecule has 0 saturated carbocycles. The number of nitrogens with zero attached hydrogens (tertiary/aromatic N) is 7. The van der Waals surface area contributed by atoms with Crippen LogP contribution in [-0.4, -0.2) is 41.1 Å². The zero-order valence-corrected chi connectivity index (χ0v) is 12.2. The quantitative estimate of drug-likeness (QED) is 0.726. The topological polar surface area (TPSA) is 74.3 Å². The van der Waals surface area contributed by atoms with Crippen molar-refractivity contribution in [1.82, 2.24) is 35.0 Å². The normalized spacial score (nSPS) is 11.8. The lowest BCUT2D eigenvalue weighted by Crippen LogP contribution is -2.20. The standard InChI is InChI=1S/C12H9ClF3N7/c13-11-17-10(8-4-2-1-3-5-8)20-22(11)6-9-18-21-23(19-9)7-12(14,15)16/h1-5H,6-7H2. The average Bonchev–Trinajstić information content (AvgIpc) is 3.06. The van der Waals surface area contributed by atoms with E-state index < -0.39 is 12.7 Å². The van der Waals surface area contributed by atoms with E-state index in [0.29, 0.717) is 10.6 Å². The molecule has 1 aromatic carbocycles. The first-order valence-corrected chi connectivity index (χ1v) is 6.78. The molecule has 2 heterocycles. The van der Waals surface area contributed by atoms with Crippen molar-refractivity contribution in [3.63, 3.8) is 0 Å². The average molecular weight is 344 g/mol. The molecule has 0 fully saturated rings. The Hall–Kier alpha value is -2.49. The summed E-state index contributed by atoms with van der Waals surface area (Å²) in [6, 6.07) is 9.13. The largest absolute Gasteiger partial charge is 0.409 e. The molecule has 7 nitrogen and oxygen atoms in total. The zero-order valence-electron chi connectivity index (χ0n) is 11.4. The summed E-state index contributed by atoms with van der Waals surface area (Å²) in [6.07, 6.45) is -4.41. The third kappa shape index (κ3) is 3.83. The minimum absolute atomic E-state index is 0.0312. The monoisotopic (exact) mass is 343 g/mol. The van der Waals surface area contributed by atoms with Gasteiger partial charge in [0.2, 0.25) is 5.28 Å². The molecule has 0 aliphatic carbocycles. The Bertz CT molecular complexity index is 797. The van der Waals surface area contributed by atoms with Crippen LogP contribution in [0.2, 0.25) is 5.28 Å². The fourth-order valence-corrected chi connectivity index (χ4v) is 2.01. The smallest absolute Gasteiger partial charge is 0.228 e. The highest BCUT2D eigenvalue weighted by Gasteiger charge is 2.29. The Balaban J connectivity index is 1.77. The molecular formula is C12H9ClF3N7. The Morgan fingerprint density at radius 3 is 2.52 bits per heavy atom. The lowest BCUT2D eigenvalue weighted by atomic mass is 10.2. The minimum Gasteiger partial charge on any atom is -0.228 e. The number of hydrogen-bond acceptors (Lipinski definition) is 5. The number of alkyl halides is 3. The van der Waals surface area contributed by atoms with Crippen LogP contribution in [0.15, 0.2) is 30.3 Å². The van der Waals surface area contributed by atoms with Crippen molar-refractivity contribution in [1.29, 1.82) is 0 Å². The summed E-state index contributed by atoms with van der Waals surface area (Å²) in [5.74, 6) is 0.457. The van der Waals surface area contributed by atoms with Crippen molar-refractivity contribution in [2.45, 2.75) is 19.3 Å². The molecule has 0 aliphatic heterocycles. The van der Waals surface area contributed by atoms with Gasteiger partial charge in [-0.1, -0.05) is 30.3 Å². The summed E-state index contributed by atoms with van der Waals surface area (Å²) in [5.41, 5.74) is 0.766. The van der Waals surface area contributed by atoms with Gasteiger partial charge in [0.1, 0.15) is 6.54 Å². The second kappa shape index (κ2) is 5.95. The highest BCUT2D eigenvalue weighted by Crippen LogP contribution is 2.18. The van der Waals surface area contributed by atoms with Gasteiger partial charge in [-0.25, -0.2) is 4.68 Å². The summed E-state index contributed by atoms with van der Waals surface area (Å²) in [6.45, 7) is -1.34. The third-order valence-corrected chi connectivity index (χ3v) is 3.04. The van der Waals surface area contributed by atoms with Crippen LogP contribution < -0.4 is 0 Å². The van der Waals surface area contributed by atoms with Gasteiger partial charge in [0.25, 0.3) is 0 Å². The zero-order chi connectivity index (χ0) is 16.4. The second-order valence-corrected chi connectivity index (χ2v) is 4.92. The first-order chi connectivity index (χ1) is 10.9. The SMILES string of the molecule is FC(F)(F)Cn1nnc(Cn2nc(-c3ccccc3)nc2Cl)n1. The highest BCUT2D eigenvalue weighted by molar-refractivity contribution is 6.28. The van der Waals surface area contributed by atoms with Crippen molar-refractivity contribution >= 4 is 11.6 Å². The Morgan fingerprint density at radius 1 is 1.09 bits per heavy atom. The molecule has 0 atom stereocenters. The van der Waals surface area contributed by atoms with E-state index in [-0.39, 0.29) is 17.7 Å². The van der Waals surface area contributed by atoms with E-state index in [1.807, 2.05) is 30.3 Å². The first kappa shape index (κ1) is 15.4. The van der Waals surface area contributed by atoms with Crippen LogP contribution in [0, 0.1) is 0 Å². The number of aromatic nitrogens is 7. The van der Waals surface area contributed by atoms with Crippen LogP contribution >= 0.6 is 11.6 Å². The van der Waals surface area contributed by atoms with Crippen molar-refractivity contribution in [2.24, 2.45) is 0 Å². The predicted octanol–water partition coefficient (Wildman–Crippen LogP) is 2.20. The maximum atomic E-state index is 12.3. The van der Waals surface area contributed by atoms with E-state index in [9.17, 15) is 13.2 Å². The summed E-state index contributed by atoms with van der Waals surface area (Å²) in [4.78, 5) is 4.57. The number of halogens is 4. The number of tetrazole rings is 1. The third-order valence-electron chi connectivity index (χ3n) is 2.76. The first-order valence-electron chi connectivity index (χ1n) is 6.40. The van der Waals surface area contributed by atoms with E-state index in [2.05, 4.69) is 25.5 Å². The molecule has 0 saturated heterocycles. The van der Waals surface area contributed by atoms with Crippen molar-refractivity contribution in [2.75, 3.05) is 0 Å². The van der Waals surface area contributed by atoms with E-state index in [0.717, 1.165) is 5.56 Å². The highest BCUT2D eigenvalue weighted by atomic mass is 35.5. The van der Waals surface area contributed by atoms with Crippen LogP contribution in [0.1, 0.15) is 5.82 Å². The molecule has 0 unspecified atom stereocenters. The molecule has 0 radical (unpaired) electrons. The van der Waals surface area contributed by atoms with Crippen LogP contribution in [0.25, 0.3) is 11.4 Å². The van der Waals surface area contributed by atoms with Gasteiger partial charge < -0.3 is 0 Å². The second-order valence-electron chi connectivity index (χ2n) is 4.58. The van der Waals surface area contributed by atoms with Gasteiger partial charge >= 0.3 is 6.18 Å².